The van der Waals surface area contributed by atoms with Gasteiger partial charge in [0.25, 0.3) is 5.91 Å². The molecule has 0 saturated carbocycles. The second-order valence-electron chi connectivity index (χ2n) is 9.70. The highest BCUT2D eigenvalue weighted by molar-refractivity contribution is 6.12. The maximum atomic E-state index is 14.1. The van der Waals surface area contributed by atoms with E-state index in [9.17, 15) is 9.59 Å². The van der Waals surface area contributed by atoms with Gasteiger partial charge >= 0.3 is 0 Å². The normalized spacial score (nSPS) is 19.0. The van der Waals surface area contributed by atoms with Gasteiger partial charge < -0.3 is 10.1 Å². The van der Waals surface area contributed by atoms with Gasteiger partial charge in [-0.25, -0.2) is 0 Å². The first-order valence-electron chi connectivity index (χ1n) is 11.5. The van der Waals surface area contributed by atoms with Gasteiger partial charge in [-0.3, -0.25) is 14.5 Å². The monoisotopic (exact) mass is 452 g/mol. The third-order valence-corrected chi connectivity index (χ3v) is 6.55. The molecular weight excluding hydrogens is 424 g/mol. The number of methoxy groups -OCH3 is 1. The van der Waals surface area contributed by atoms with E-state index < -0.39 is 6.04 Å². The van der Waals surface area contributed by atoms with Crippen LogP contribution in [0.15, 0.2) is 90.1 Å². The number of rotatable bonds is 3. The summed E-state index contributed by atoms with van der Waals surface area (Å²) in [6.45, 7) is 4.22. The molecular formula is C29H28N2O3. The number of nitrogens with one attached hydrogen (secondary N) is 1. The largest absolute Gasteiger partial charge is 0.497 e. The van der Waals surface area contributed by atoms with E-state index in [-0.39, 0.29) is 17.1 Å². The summed E-state index contributed by atoms with van der Waals surface area (Å²) in [5.41, 5.74) is 4.31. The Kier molecular flexibility index (Phi) is 5.48. The highest BCUT2D eigenvalue weighted by Crippen LogP contribution is 2.48. The zero-order valence-electron chi connectivity index (χ0n) is 19.7. The van der Waals surface area contributed by atoms with E-state index in [1.165, 1.54) is 0 Å². The van der Waals surface area contributed by atoms with Crippen LogP contribution < -0.4 is 15.0 Å². The standard InChI is InChI=1S/C29H28N2O3/c1-29(2)17-23-26(25(32)18-29)27(20-12-9-13-21(16-20)34-3)31(24-15-8-7-14-22(24)30-23)28(33)19-10-5-4-6-11-19/h4-16,27,30H,17-18H2,1-3H3. The van der Waals surface area contributed by atoms with E-state index in [0.717, 1.165) is 29.1 Å². The number of allylic oxidation sites excluding steroid dienone is 1. The van der Waals surface area contributed by atoms with Crippen molar-refractivity contribution < 1.29 is 14.3 Å². The Morgan fingerprint density at radius 1 is 0.971 bits per heavy atom. The summed E-state index contributed by atoms with van der Waals surface area (Å²) in [5, 5.41) is 3.55. The number of carbonyl (C=O) groups is 2. The molecule has 34 heavy (non-hydrogen) atoms. The molecule has 3 aromatic rings. The molecule has 0 radical (unpaired) electrons. The second kappa shape index (κ2) is 8.49. The highest BCUT2D eigenvalue weighted by Gasteiger charge is 2.43. The number of hydrogen-bond acceptors (Lipinski definition) is 4. The van der Waals surface area contributed by atoms with Crippen molar-refractivity contribution in [3.63, 3.8) is 0 Å². The third-order valence-electron chi connectivity index (χ3n) is 6.55. The summed E-state index contributed by atoms with van der Waals surface area (Å²) in [7, 11) is 1.62. The molecule has 1 N–H and O–H groups in total. The zero-order chi connectivity index (χ0) is 23.9. The first kappa shape index (κ1) is 22.0. The Bertz CT molecular complexity index is 1290. The Balaban J connectivity index is 1.80. The van der Waals surface area contributed by atoms with Crippen LogP contribution in [0.3, 0.4) is 0 Å². The van der Waals surface area contributed by atoms with Gasteiger partial charge in [-0.05, 0) is 53.8 Å². The van der Waals surface area contributed by atoms with Crippen molar-refractivity contribution in [2.24, 2.45) is 5.41 Å². The summed E-state index contributed by atoms with van der Waals surface area (Å²) in [4.78, 5) is 29.6. The molecule has 0 bridgehead atoms. The van der Waals surface area contributed by atoms with Gasteiger partial charge in [0.15, 0.2) is 5.78 Å². The van der Waals surface area contributed by atoms with Crippen LogP contribution in [0.1, 0.15) is 48.7 Å². The topological polar surface area (TPSA) is 58.6 Å². The van der Waals surface area contributed by atoms with Crippen molar-refractivity contribution in [1.29, 1.82) is 0 Å². The maximum Gasteiger partial charge on any atom is 0.259 e. The number of hydrogen-bond donors (Lipinski definition) is 1. The molecule has 0 fully saturated rings. The van der Waals surface area contributed by atoms with Crippen molar-refractivity contribution in [3.8, 4) is 5.75 Å². The number of anilines is 2. The smallest absolute Gasteiger partial charge is 0.259 e. The Labute approximate surface area is 200 Å². The number of nitrogens with zero attached hydrogens (tertiary/aromatic N) is 1. The maximum absolute atomic E-state index is 14.1. The number of ether oxygens (including phenoxy) is 1. The summed E-state index contributed by atoms with van der Waals surface area (Å²) in [6.07, 6.45) is 1.15. The van der Waals surface area contributed by atoms with E-state index in [1.807, 2.05) is 78.9 Å². The van der Waals surface area contributed by atoms with Crippen LogP contribution in [0.4, 0.5) is 11.4 Å². The molecule has 1 unspecified atom stereocenters. The minimum atomic E-state index is -0.586. The van der Waals surface area contributed by atoms with Crippen molar-refractivity contribution in [2.75, 3.05) is 17.3 Å². The van der Waals surface area contributed by atoms with E-state index in [2.05, 4.69) is 19.2 Å². The van der Waals surface area contributed by atoms with Crippen LogP contribution >= 0.6 is 0 Å². The van der Waals surface area contributed by atoms with Gasteiger partial charge in [-0.15, -0.1) is 0 Å². The lowest BCUT2D eigenvalue weighted by molar-refractivity contribution is -0.118. The number of amides is 1. The number of para-hydroxylation sites is 2. The van der Waals surface area contributed by atoms with Gasteiger partial charge in [-0.2, -0.15) is 0 Å². The predicted molar refractivity (Wildman–Crippen MR) is 134 cm³/mol. The molecule has 5 rings (SSSR count). The van der Waals surface area contributed by atoms with Gasteiger partial charge in [0.2, 0.25) is 0 Å². The lowest BCUT2D eigenvalue weighted by atomic mass is 9.73. The minimum Gasteiger partial charge on any atom is -0.497 e. The SMILES string of the molecule is COc1cccc(C2C3=C(CC(C)(C)CC3=O)Nc3ccccc3N2C(=O)c2ccccc2)c1. The van der Waals surface area contributed by atoms with Crippen LogP contribution in [0, 0.1) is 5.41 Å². The lowest BCUT2D eigenvalue weighted by Gasteiger charge is -2.37. The number of carbonyl (C=O) groups excluding carboxylic acids is 2. The van der Waals surface area contributed by atoms with Crippen molar-refractivity contribution in [1.82, 2.24) is 0 Å². The Morgan fingerprint density at radius 2 is 1.71 bits per heavy atom. The Hall–Kier alpha value is -3.86. The fourth-order valence-electron chi connectivity index (χ4n) is 5.06. The fraction of sp³-hybridized carbons (Fsp3) is 0.241. The number of benzene rings is 3. The molecule has 1 amide bonds. The predicted octanol–water partition coefficient (Wildman–Crippen LogP) is 6.15. The number of Topliss-reactive ketones (excluding diaryl/α,β-unsaturated/α-hetero) is 1. The Morgan fingerprint density at radius 3 is 2.47 bits per heavy atom. The fourth-order valence-corrected chi connectivity index (χ4v) is 5.06. The van der Waals surface area contributed by atoms with Gasteiger partial charge in [0.1, 0.15) is 5.75 Å². The molecule has 1 heterocycles. The van der Waals surface area contributed by atoms with Crippen LogP contribution in [0.5, 0.6) is 5.75 Å². The van der Waals surface area contributed by atoms with Crippen molar-refractivity contribution in [2.45, 2.75) is 32.7 Å². The molecule has 1 atom stereocenters. The van der Waals surface area contributed by atoms with Crippen molar-refractivity contribution in [3.05, 3.63) is 101 Å². The van der Waals surface area contributed by atoms with Gasteiger partial charge in [0.05, 0.1) is 24.5 Å². The number of fused-ring (bicyclic) bond motifs is 1. The van der Waals surface area contributed by atoms with Crippen molar-refractivity contribution >= 4 is 23.1 Å². The van der Waals surface area contributed by atoms with Crippen LogP contribution in [0.2, 0.25) is 0 Å². The molecule has 3 aromatic carbocycles. The van der Waals surface area contributed by atoms with E-state index in [4.69, 9.17) is 4.74 Å². The average Bonchev–Trinajstić information content (AvgIpc) is 2.97. The molecule has 0 spiro atoms. The van der Waals surface area contributed by atoms with Crippen LogP contribution in [-0.2, 0) is 4.79 Å². The summed E-state index contributed by atoms with van der Waals surface area (Å²) >= 11 is 0. The summed E-state index contributed by atoms with van der Waals surface area (Å²) < 4.78 is 5.50. The second-order valence-corrected chi connectivity index (χ2v) is 9.70. The molecule has 0 saturated heterocycles. The first-order chi connectivity index (χ1) is 16.4. The molecule has 1 aliphatic heterocycles. The summed E-state index contributed by atoms with van der Waals surface area (Å²) in [6, 6.07) is 24.1. The quantitative estimate of drug-likeness (QED) is 0.518. The number of ketones is 1. The van der Waals surface area contributed by atoms with E-state index in [0.29, 0.717) is 23.3 Å². The average molecular weight is 453 g/mol. The van der Waals surface area contributed by atoms with Gasteiger partial charge in [0, 0.05) is 23.3 Å². The first-order valence-corrected chi connectivity index (χ1v) is 11.5. The molecule has 172 valence electrons. The van der Waals surface area contributed by atoms with Crippen LogP contribution in [-0.4, -0.2) is 18.8 Å². The molecule has 2 aliphatic rings. The summed E-state index contributed by atoms with van der Waals surface area (Å²) in [5.74, 6) is 0.583. The molecule has 5 heteroatoms. The van der Waals surface area contributed by atoms with E-state index >= 15 is 0 Å². The van der Waals surface area contributed by atoms with E-state index in [1.54, 1.807) is 12.0 Å². The molecule has 0 aromatic heterocycles. The van der Waals surface area contributed by atoms with Crippen LogP contribution in [0.25, 0.3) is 0 Å². The molecule has 5 nitrogen and oxygen atoms in total. The zero-order valence-corrected chi connectivity index (χ0v) is 19.7. The lowest BCUT2D eigenvalue weighted by Crippen LogP contribution is -2.39. The molecule has 1 aliphatic carbocycles. The third kappa shape index (κ3) is 3.87. The minimum absolute atomic E-state index is 0.0604. The highest BCUT2D eigenvalue weighted by atomic mass is 16.5. The van der Waals surface area contributed by atoms with Gasteiger partial charge in [-0.1, -0.05) is 56.3 Å².